The Balaban J connectivity index is 0.000000468. The van der Waals surface area contributed by atoms with Crippen molar-refractivity contribution in [2.24, 2.45) is 5.92 Å². The van der Waals surface area contributed by atoms with E-state index < -0.39 is 0 Å². The highest BCUT2D eigenvalue weighted by atomic mass is 16.6. The second kappa shape index (κ2) is 13.1. The highest BCUT2D eigenvalue weighted by molar-refractivity contribution is 5.40. The van der Waals surface area contributed by atoms with Crippen molar-refractivity contribution in [3.8, 4) is 0 Å². The third-order valence-electron chi connectivity index (χ3n) is 4.30. The number of nitro groups is 1. The van der Waals surface area contributed by atoms with Gasteiger partial charge in [-0.1, -0.05) is 79.2 Å². The summed E-state index contributed by atoms with van der Waals surface area (Å²) in [5, 5.41) is 10.6. The Morgan fingerprint density at radius 3 is 2.22 bits per heavy atom. The maximum Gasteiger partial charge on any atom is 0.269 e. The lowest BCUT2D eigenvalue weighted by atomic mass is 10.0. The molecule has 0 bridgehead atoms. The molecule has 3 heteroatoms. The van der Waals surface area contributed by atoms with Crippen molar-refractivity contribution in [2.75, 3.05) is 0 Å². The van der Waals surface area contributed by atoms with Crippen LogP contribution in [-0.2, 0) is 12.8 Å². The number of aryl methyl sites for hydroxylation is 2. The van der Waals surface area contributed by atoms with Gasteiger partial charge in [-0.3, -0.25) is 10.1 Å². The van der Waals surface area contributed by atoms with E-state index in [4.69, 9.17) is 0 Å². The zero-order valence-electron chi connectivity index (χ0n) is 15.7. The summed E-state index contributed by atoms with van der Waals surface area (Å²) in [5.41, 5.74) is 2.53. The van der Waals surface area contributed by atoms with Gasteiger partial charge in [-0.05, 0) is 29.9 Å². The SMILES string of the molecule is CCCCCC(C)CC.CCCc1cc([N+](=O)[O-])ccc1CC. The zero-order chi connectivity index (χ0) is 17.7. The molecule has 1 rings (SSSR count). The summed E-state index contributed by atoms with van der Waals surface area (Å²) in [6, 6.07) is 5.14. The molecule has 23 heavy (non-hydrogen) atoms. The van der Waals surface area contributed by atoms with E-state index in [9.17, 15) is 10.1 Å². The summed E-state index contributed by atoms with van der Waals surface area (Å²) in [4.78, 5) is 10.2. The summed E-state index contributed by atoms with van der Waals surface area (Å²) in [7, 11) is 0. The van der Waals surface area contributed by atoms with Crippen LogP contribution < -0.4 is 0 Å². The van der Waals surface area contributed by atoms with E-state index in [-0.39, 0.29) is 10.6 Å². The van der Waals surface area contributed by atoms with Crippen LogP contribution in [0.2, 0.25) is 0 Å². The van der Waals surface area contributed by atoms with Gasteiger partial charge in [0.15, 0.2) is 0 Å². The highest BCUT2D eigenvalue weighted by Crippen LogP contribution is 2.19. The lowest BCUT2D eigenvalue weighted by molar-refractivity contribution is -0.384. The molecular weight excluding hydrogens is 286 g/mol. The van der Waals surface area contributed by atoms with Gasteiger partial charge in [0.1, 0.15) is 0 Å². The van der Waals surface area contributed by atoms with E-state index in [0.717, 1.165) is 30.7 Å². The van der Waals surface area contributed by atoms with Crippen LogP contribution in [0, 0.1) is 16.0 Å². The first kappa shape index (κ1) is 21.6. The molecule has 0 saturated carbocycles. The van der Waals surface area contributed by atoms with E-state index >= 15 is 0 Å². The molecule has 0 saturated heterocycles. The van der Waals surface area contributed by atoms with Crippen LogP contribution in [-0.4, -0.2) is 4.92 Å². The average molecular weight is 322 g/mol. The van der Waals surface area contributed by atoms with Crippen molar-refractivity contribution in [1.82, 2.24) is 0 Å². The third-order valence-corrected chi connectivity index (χ3v) is 4.30. The molecule has 1 aromatic rings. The Labute approximate surface area is 142 Å². The van der Waals surface area contributed by atoms with Crippen molar-refractivity contribution in [2.45, 2.75) is 86.0 Å². The van der Waals surface area contributed by atoms with Crippen molar-refractivity contribution in [3.05, 3.63) is 39.4 Å². The van der Waals surface area contributed by atoms with Crippen LogP contribution in [0.1, 0.15) is 84.3 Å². The molecule has 1 atom stereocenters. The molecule has 1 aromatic carbocycles. The first-order valence-corrected chi connectivity index (χ1v) is 9.26. The van der Waals surface area contributed by atoms with Crippen LogP contribution >= 0.6 is 0 Å². The quantitative estimate of drug-likeness (QED) is 0.288. The second-order valence-electron chi connectivity index (χ2n) is 6.32. The van der Waals surface area contributed by atoms with Crippen molar-refractivity contribution < 1.29 is 4.92 Å². The minimum absolute atomic E-state index is 0.200. The Bertz CT molecular complexity index is 443. The van der Waals surface area contributed by atoms with Gasteiger partial charge in [0.25, 0.3) is 5.69 Å². The fourth-order valence-corrected chi connectivity index (χ4v) is 2.52. The van der Waals surface area contributed by atoms with Crippen LogP contribution in [0.5, 0.6) is 0 Å². The molecule has 3 nitrogen and oxygen atoms in total. The van der Waals surface area contributed by atoms with E-state index in [1.54, 1.807) is 12.1 Å². The predicted molar refractivity (Wildman–Crippen MR) is 100 cm³/mol. The Kier molecular flexibility index (Phi) is 12.3. The lowest BCUT2D eigenvalue weighted by Gasteiger charge is -2.05. The first-order valence-electron chi connectivity index (χ1n) is 9.26. The van der Waals surface area contributed by atoms with Crippen LogP contribution in [0.25, 0.3) is 0 Å². The molecule has 0 aromatic heterocycles. The molecule has 0 N–H and O–H groups in total. The second-order valence-corrected chi connectivity index (χ2v) is 6.32. The third kappa shape index (κ3) is 9.37. The monoisotopic (exact) mass is 321 g/mol. The number of non-ortho nitro benzene ring substituents is 1. The smallest absolute Gasteiger partial charge is 0.258 e. The Hall–Kier alpha value is -1.38. The summed E-state index contributed by atoms with van der Waals surface area (Å²) in [6.45, 7) is 11.0. The maximum atomic E-state index is 10.6. The Morgan fingerprint density at radius 2 is 1.74 bits per heavy atom. The average Bonchev–Trinajstić information content (AvgIpc) is 2.55. The molecule has 0 aliphatic heterocycles. The van der Waals surface area contributed by atoms with Crippen LogP contribution in [0.4, 0.5) is 5.69 Å². The topological polar surface area (TPSA) is 43.1 Å². The normalized spacial score (nSPS) is 11.5. The van der Waals surface area contributed by atoms with Crippen molar-refractivity contribution in [3.63, 3.8) is 0 Å². The van der Waals surface area contributed by atoms with Crippen molar-refractivity contribution >= 4 is 5.69 Å². The summed E-state index contributed by atoms with van der Waals surface area (Å²) in [6.07, 6.45) is 9.88. The fraction of sp³-hybridized carbons (Fsp3) is 0.700. The van der Waals surface area contributed by atoms with Gasteiger partial charge >= 0.3 is 0 Å². The standard InChI is InChI=1S/C11H15NO2.C9H20/c1-3-5-10-8-11(12(13)14)7-6-9(10)4-2;1-4-6-7-8-9(3)5-2/h6-8H,3-5H2,1-2H3;9H,4-8H2,1-3H3. The molecule has 0 aliphatic rings. The van der Waals surface area contributed by atoms with E-state index in [1.165, 1.54) is 37.7 Å². The number of hydrogen-bond donors (Lipinski definition) is 0. The van der Waals surface area contributed by atoms with Gasteiger partial charge in [0.2, 0.25) is 0 Å². The van der Waals surface area contributed by atoms with Crippen LogP contribution in [0.3, 0.4) is 0 Å². The number of rotatable bonds is 9. The van der Waals surface area contributed by atoms with Gasteiger partial charge in [-0.2, -0.15) is 0 Å². The number of unbranched alkanes of at least 4 members (excludes halogenated alkanes) is 2. The molecule has 132 valence electrons. The van der Waals surface area contributed by atoms with Crippen molar-refractivity contribution in [1.29, 1.82) is 0 Å². The molecule has 0 heterocycles. The first-order chi connectivity index (χ1) is 11.0. The summed E-state index contributed by atoms with van der Waals surface area (Å²) >= 11 is 0. The lowest BCUT2D eigenvalue weighted by Crippen LogP contribution is -1.95. The number of nitrogens with zero attached hydrogens (tertiary/aromatic N) is 1. The summed E-state index contributed by atoms with van der Waals surface area (Å²) < 4.78 is 0. The van der Waals surface area contributed by atoms with Gasteiger partial charge in [0, 0.05) is 12.1 Å². The molecule has 0 spiro atoms. The van der Waals surface area contributed by atoms with E-state index in [0.29, 0.717) is 0 Å². The van der Waals surface area contributed by atoms with Gasteiger partial charge in [0.05, 0.1) is 4.92 Å². The van der Waals surface area contributed by atoms with Gasteiger partial charge in [-0.15, -0.1) is 0 Å². The Morgan fingerprint density at radius 1 is 1.04 bits per heavy atom. The number of nitro benzene ring substituents is 1. The molecule has 0 radical (unpaired) electrons. The van der Waals surface area contributed by atoms with Gasteiger partial charge in [-0.25, -0.2) is 0 Å². The zero-order valence-corrected chi connectivity index (χ0v) is 15.7. The molecule has 0 aliphatic carbocycles. The molecule has 0 fully saturated rings. The van der Waals surface area contributed by atoms with E-state index in [1.807, 2.05) is 6.07 Å². The fourth-order valence-electron chi connectivity index (χ4n) is 2.52. The number of benzene rings is 1. The largest absolute Gasteiger partial charge is 0.269 e. The minimum Gasteiger partial charge on any atom is -0.258 e. The predicted octanol–water partition coefficient (Wildman–Crippen LogP) is 6.72. The highest BCUT2D eigenvalue weighted by Gasteiger charge is 2.08. The minimum atomic E-state index is -0.335. The van der Waals surface area contributed by atoms with E-state index in [2.05, 4.69) is 34.6 Å². The van der Waals surface area contributed by atoms with Crippen LogP contribution in [0.15, 0.2) is 18.2 Å². The molecular formula is C20H35NO2. The number of hydrogen-bond acceptors (Lipinski definition) is 2. The summed E-state index contributed by atoms with van der Waals surface area (Å²) in [5.74, 6) is 0.955. The molecule has 0 amide bonds. The van der Waals surface area contributed by atoms with Gasteiger partial charge < -0.3 is 0 Å². The maximum absolute atomic E-state index is 10.6. The molecule has 1 unspecified atom stereocenters.